The van der Waals surface area contributed by atoms with E-state index in [-0.39, 0.29) is 17.2 Å². The summed E-state index contributed by atoms with van der Waals surface area (Å²) in [6.45, 7) is 0.806. The predicted molar refractivity (Wildman–Crippen MR) is 103 cm³/mol. The molecule has 1 aliphatic heterocycles. The van der Waals surface area contributed by atoms with Crippen LogP contribution in [0.2, 0.25) is 0 Å². The Bertz CT molecular complexity index is 814. The largest absolute Gasteiger partial charge is 0.481 e. The van der Waals surface area contributed by atoms with Crippen molar-refractivity contribution in [3.8, 4) is 0 Å². The zero-order valence-corrected chi connectivity index (χ0v) is 15.4. The van der Waals surface area contributed by atoms with Crippen LogP contribution in [0.5, 0.6) is 0 Å². The molecule has 2 atom stereocenters. The lowest BCUT2D eigenvalue weighted by Crippen LogP contribution is -2.48. The van der Waals surface area contributed by atoms with E-state index in [2.05, 4.69) is 12.1 Å². The van der Waals surface area contributed by atoms with Crippen LogP contribution in [0, 0.1) is 11.3 Å². The average Bonchev–Trinajstić information content (AvgIpc) is 3.11. The van der Waals surface area contributed by atoms with Gasteiger partial charge in [0.2, 0.25) is 5.91 Å². The number of carbonyl (C=O) groups is 2. The highest BCUT2D eigenvalue weighted by atomic mass is 16.4. The van der Waals surface area contributed by atoms with Gasteiger partial charge in [0, 0.05) is 19.0 Å². The molecule has 2 fully saturated rings. The molecule has 2 aliphatic rings. The van der Waals surface area contributed by atoms with Crippen molar-refractivity contribution < 1.29 is 14.7 Å². The van der Waals surface area contributed by atoms with Gasteiger partial charge in [0.1, 0.15) is 0 Å². The number of rotatable bonds is 5. The Labute approximate surface area is 159 Å². The van der Waals surface area contributed by atoms with Crippen molar-refractivity contribution in [2.45, 2.75) is 31.6 Å². The van der Waals surface area contributed by atoms with Gasteiger partial charge in [0.25, 0.3) is 0 Å². The van der Waals surface area contributed by atoms with Crippen LogP contribution in [0.3, 0.4) is 0 Å². The highest BCUT2D eigenvalue weighted by Gasteiger charge is 2.50. The monoisotopic (exact) mass is 363 g/mol. The van der Waals surface area contributed by atoms with Gasteiger partial charge in [0.05, 0.1) is 11.3 Å². The van der Waals surface area contributed by atoms with Gasteiger partial charge >= 0.3 is 5.97 Å². The van der Waals surface area contributed by atoms with Crippen LogP contribution < -0.4 is 0 Å². The summed E-state index contributed by atoms with van der Waals surface area (Å²) in [5.74, 6) is -1.35. The summed E-state index contributed by atoms with van der Waals surface area (Å²) in [5, 5.41) is 9.72. The van der Waals surface area contributed by atoms with E-state index in [0.717, 1.165) is 31.2 Å². The number of hydrogen-bond acceptors (Lipinski definition) is 2. The molecule has 4 heteroatoms. The maximum Gasteiger partial charge on any atom is 0.308 e. The standard InChI is InChI=1S/C23H25NO3/c25-21(26)20-16-24(15-19(20)18-10-5-2-6-11-18)22(27)23(12-7-13-23)14-17-8-3-1-4-9-17/h1-6,8-11,19-20H,7,12-16H2,(H,25,26)/t19-,20-/m1/s1. The number of aliphatic carboxylic acids is 1. The van der Waals surface area contributed by atoms with Gasteiger partial charge in [-0.1, -0.05) is 67.1 Å². The highest BCUT2D eigenvalue weighted by molar-refractivity contribution is 5.85. The van der Waals surface area contributed by atoms with Crippen molar-refractivity contribution in [2.75, 3.05) is 13.1 Å². The van der Waals surface area contributed by atoms with Crippen molar-refractivity contribution in [2.24, 2.45) is 11.3 Å². The molecule has 1 saturated heterocycles. The molecule has 140 valence electrons. The van der Waals surface area contributed by atoms with Crippen molar-refractivity contribution >= 4 is 11.9 Å². The Morgan fingerprint density at radius 1 is 0.963 bits per heavy atom. The van der Waals surface area contributed by atoms with Crippen LogP contribution in [0.15, 0.2) is 60.7 Å². The van der Waals surface area contributed by atoms with Crippen LogP contribution >= 0.6 is 0 Å². The minimum Gasteiger partial charge on any atom is -0.481 e. The SMILES string of the molecule is O=C(O)[C@@H]1CN(C(=O)C2(Cc3ccccc3)CCC2)C[C@@H]1c1ccccc1. The number of benzene rings is 2. The molecule has 0 aromatic heterocycles. The third kappa shape index (κ3) is 3.36. The number of hydrogen-bond donors (Lipinski definition) is 1. The minimum absolute atomic E-state index is 0.137. The maximum absolute atomic E-state index is 13.4. The van der Waals surface area contributed by atoms with E-state index in [4.69, 9.17) is 0 Å². The Hall–Kier alpha value is -2.62. The molecule has 0 bridgehead atoms. The molecule has 2 aromatic carbocycles. The molecule has 0 unspecified atom stereocenters. The van der Waals surface area contributed by atoms with E-state index in [1.54, 1.807) is 0 Å². The van der Waals surface area contributed by atoms with Gasteiger partial charge in [-0.3, -0.25) is 9.59 Å². The number of amides is 1. The Morgan fingerprint density at radius 2 is 1.59 bits per heavy atom. The molecule has 1 amide bonds. The van der Waals surface area contributed by atoms with E-state index in [9.17, 15) is 14.7 Å². The number of nitrogens with zero attached hydrogens (tertiary/aromatic N) is 1. The summed E-state index contributed by atoms with van der Waals surface area (Å²) in [4.78, 5) is 27.1. The van der Waals surface area contributed by atoms with Gasteiger partial charge in [-0.25, -0.2) is 0 Å². The normalized spacial score (nSPS) is 23.6. The lowest BCUT2D eigenvalue weighted by atomic mass is 9.64. The van der Waals surface area contributed by atoms with E-state index in [1.807, 2.05) is 53.4 Å². The van der Waals surface area contributed by atoms with Gasteiger partial charge in [-0.2, -0.15) is 0 Å². The summed E-state index contributed by atoms with van der Waals surface area (Å²) in [6, 6.07) is 19.9. The minimum atomic E-state index is -0.815. The van der Waals surface area contributed by atoms with E-state index in [0.29, 0.717) is 13.1 Å². The first-order valence-electron chi connectivity index (χ1n) is 9.70. The van der Waals surface area contributed by atoms with Gasteiger partial charge in [-0.15, -0.1) is 0 Å². The molecule has 4 nitrogen and oxygen atoms in total. The summed E-state index contributed by atoms with van der Waals surface area (Å²) in [5.41, 5.74) is 1.83. The van der Waals surface area contributed by atoms with E-state index >= 15 is 0 Å². The van der Waals surface area contributed by atoms with E-state index < -0.39 is 11.9 Å². The van der Waals surface area contributed by atoms with Crippen LogP contribution in [0.25, 0.3) is 0 Å². The zero-order valence-electron chi connectivity index (χ0n) is 15.4. The van der Waals surface area contributed by atoms with Crippen LogP contribution in [0.4, 0.5) is 0 Å². The second-order valence-corrected chi connectivity index (χ2v) is 7.97. The second-order valence-electron chi connectivity index (χ2n) is 7.97. The molecule has 0 radical (unpaired) electrons. The molecule has 2 aromatic rings. The topological polar surface area (TPSA) is 57.6 Å². The first-order valence-corrected chi connectivity index (χ1v) is 9.70. The third-order valence-corrected chi connectivity index (χ3v) is 6.30. The lowest BCUT2D eigenvalue weighted by molar-refractivity contribution is -0.147. The Balaban J connectivity index is 1.55. The maximum atomic E-state index is 13.4. The quantitative estimate of drug-likeness (QED) is 0.881. The fourth-order valence-electron chi connectivity index (χ4n) is 4.65. The van der Waals surface area contributed by atoms with Gasteiger partial charge in [0.15, 0.2) is 0 Å². The fraction of sp³-hybridized carbons (Fsp3) is 0.391. The highest BCUT2D eigenvalue weighted by Crippen LogP contribution is 2.47. The third-order valence-electron chi connectivity index (χ3n) is 6.30. The fourth-order valence-corrected chi connectivity index (χ4v) is 4.65. The van der Waals surface area contributed by atoms with Gasteiger partial charge < -0.3 is 10.0 Å². The van der Waals surface area contributed by atoms with Crippen molar-refractivity contribution in [1.82, 2.24) is 4.90 Å². The smallest absolute Gasteiger partial charge is 0.308 e. The summed E-state index contributed by atoms with van der Waals surface area (Å²) in [7, 11) is 0. The zero-order chi connectivity index (χ0) is 18.9. The molecule has 1 heterocycles. The molecule has 1 aliphatic carbocycles. The average molecular weight is 363 g/mol. The number of carboxylic acid groups (broad SMARTS) is 1. The number of carboxylic acids is 1. The molecular weight excluding hydrogens is 338 g/mol. The summed E-state index contributed by atoms with van der Waals surface area (Å²) < 4.78 is 0. The van der Waals surface area contributed by atoms with Crippen molar-refractivity contribution in [1.29, 1.82) is 0 Å². The van der Waals surface area contributed by atoms with Crippen LogP contribution in [0.1, 0.15) is 36.3 Å². The molecule has 4 rings (SSSR count). The number of likely N-dealkylation sites (tertiary alicyclic amines) is 1. The molecule has 1 saturated carbocycles. The lowest BCUT2D eigenvalue weighted by Gasteiger charge is -2.43. The molecule has 1 N–H and O–H groups in total. The Morgan fingerprint density at radius 3 is 2.15 bits per heavy atom. The van der Waals surface area contributed by atoms with E-state index in [1.165, 1.54) is 5.56 Å². The van der Waals surface area contributed by atoms with Crippen LogP contribution in [-0.4, -0.2) is 35.0 Å². The van der Waals surface area contributed by atoms with Gasteiger partial charge in [-0.05, 0) is 30.4 Å². The first-order chi connectivity index (χ1) is 13.1. The first kappa shape index (κ1) is 17.8. The summed E-state index contributed by atoms with van der Waals surface area (Å²) in [6.07, 6.45) is 3.60. The molecule has 0 spiro atoms. The molecular formula is C23H25NO3. The number of carbonyl (C=O) groups excluding carboxylic acids is 1. The van der Waals surface area contributed by atoms with Crippen LogP contribution in [-0.2, 0) is 16.0 Å². The van der Waals surface area contributed by atoms with Crippen molar-refractivity contribution in [3.63, 3.8) is 0 Å². The second kappa shape index (κ2) is 7.18. The molecule has 27 heavy (non-hydrogen) atoms. The van der Waals surface area contributed by atoms with Crippen molar-refractivity contribution in [3.05, 3.63) is 71.8 Å². The Kier molecular flexibility index (Phi) is 4.73. The predicted octanol–water partition coefficient (Wildman–Crippen LogP) is 3.73. The summed E-state index contributed by atoms with van der Waals surface area (Å²) >= 11 is 0.